The maximum Gasteiger partial charge on any atom is 0.327 e. The predicted molar refractivity (Wildman–Crippen MR) is 55.7 cm³/mol. The zero-order valence-electron chi connectivity index (χ0n) is 9.48. The van der Waals surface area contributed by atoms with Crippen LogP contribution >= 0.6 is 0 Å². The van der Waals surface area contributed by atoms with Gasteiger partial charge in [0.2, 0.25) is 0 Å². The highest BCUT2D eigenvalue weighted by Gasteiger charge is 2.32. The second-order valence-corrected chi connectivity index (χ2v) is 4.38. The summed E-state index contributed by atoms with van der Waals surface area (Å²) in [5.74, 6) is -0.449. The third-order valence-electron chi connectivity index (χ3n) is 3.17. The normalized spacial score (nSPS) is 31.8. The summed E-state index contributed by atoms with van der Waals surface area (Å²) >= 11 is 0. The van der Waals surface area contributed by atoms with Gasteiger partial charge in [-0.25, -0.2) is 0 Å². The van der Waals surface area contributed by atoms with Crippen LogP contribution in [0.4, 0.5) is 0 Å². The predicted octanol–water partition coefficient (Wildman–Crippen LogP) is 0.187. The van der Waals surface area contributed by atoms with Gasteiger partial charge < -0.3 is 9.47 Å². The van der Waals surface area contributed by atoms with Crippen molar-refractivity contribution >= 4 is 11.9 Å². The van der Waals surface area contributed by atoms with Crippen LogP contribution in [0.1, 0.15) is 19.8 Å². The third kappa shape index (κ3) is 2.59. The molecule has 2 aliphatic heterocycles. The first kappa shape index (κ1) is 11.5. The van der Waals surface area contributed by atoms with Crippen molar-refractivity contribution in [2.24, 2.45) is 5.92 Å². The lowest BCUT2D eigenvalue weighted by Crippen LogP contribution is -2.45. The molecule has 0 aromatic rings. The van der Waals surface area contributed by atoms with E-state index in [0.717, 1.165) is 26.0 Å². The summed E-state index contributed by atoms with van der Waals surface area (Å²) < 4.78 is 10.1. The van der Waals surface area contributed by atoms with Gasteiger partial charge in [0, 0.05) is 19.1 Å². The van der Waals surface area contributed by atoms with E-state index in [4.69, 9.17) is 4.74 Å². The molecule has 5 heteroatoms. The summed E-state index contributed by atoms with van der Waals surface area (Å²) in [4.78, 5) is 24.0. The molecular formula is C11H17NO4. The molecule has 0 aromatic heterocycles. The molecule has 2 saturated heterocycles. The van der Waals surface area contributed by atoms with Crippen molar-refractivity contribution in [2.75, 3.05) is 26.2 Å². The first-order valence-corrected chi connectivity index (χ1v) is 5.76. The van der Waals surface area contributed by atoms with Gasteiger partial charge in [0.25, 0.3) is 0 Å². The Bertz CT molecular complexity index is 276. The Morgan fingerprint density at radius 3 is 2.62 bits per heavy atom. The van der Waals surface area contributed by atoms with Crippen LogP contribution in [0.5, 0.6) is 0 Å². The molecule has 2 atom stereocenters. The van der Waals surface area contributed by atoms with Crippen molar-refractivity contribution in [3.8, 4) is 0 Å². The maximum atomic E-state index is 11.1. The minimum atomic E-state index is -0.441. The van der Waals surface area contributed by atoms with Crippen LogP contribution in [0.2, 0.25) is 0 Å². The fourth-order valence-electron chi connectivity index (χ4n) is 2.43. The van der Waals surface area contributed by atoms with E-state index in [1.165, 1.54) is 0 Å². The molecule has 2 fully saturated rings. The van der Waals surface area contributed by atoms with Gasteiger partial charge in [-0.3, -0.25) is 14.5 Å². The molecule has 16 heavy (non-hydrogen) atoms. The molecule has 0 N–H and O–H groups in total. The molecule has 0 bridgehead atoms. The van der Waals surface area contributed by atoms with Crippen molar-refractivity contribution in [3.05, 3.63) is 0 Å². The second-order valence-electron chi connectivity index (χ2n) is 4.38. The zero-order chi connectivity index (χ0) is 11.5. The van der Waals surface area contributed by atoms with E-state index < -0.39 is 11.9 Å². The topological polar surface area (TPSA) is 55.8 Å². The van der Waals surface area contributed by atoms with E-state index in [1.54, 1.807) is 0 Å². The largest absolute Gasteiger partial charge is 0.391 e. The molecule has 0 aromatic carbocycles. The van der Waals surface area contributed by atoms with Gasteiger partial charge in [0.1, 0.15) is 0 Å². The van der Waals surface area contributed by atoms with Gasteiger partial charge in [-0.05, 0) is 12.8 Å². The molecule has 2 unspecified atom stereocenters. The third-order valence-corrected chi connectivity index (χ3v) is 3.17. The molecule has 2 rings (SSSR count). The summed E-state index contributed by atoms with van der Waals surface area (Å²) in [5.41, 5.74) is 0. The number of cyclic esters (lactones) is 2. The Balaban J connectivity index is 1.88. The molecule has 5 nitrogen and oxygen atoms in total. The molecule has 0 radical (unpaired) electrons. The highest BCUT2D eigenvalue weighted by molar-refractivity contribution is 5.90. The lowest BCUT2D eigenvalue weighted by Gasteiger charge is -2.28. The van der Waals surface area contributed by atoms with Gasteiger partial charge in [0.05, 0.1) is 19.2 Å². The van der Waals surface area contributed by atoms with Crippen molar-refractivity contribution in [3.63, 3.8) is 0 Å². The molecule has 0 aliphatic carbocycles. The summed E-state index contributed by atoms with van der Waals surface area (Å²) in [6, 6.07) is 0. The number of esters is 2. The number of rotatable bonds is 3. The minimum absolute atomic E-state index is 0.221. The summed E-state index contributed by atoms with van der Waals surface area (Å²) in [5, 5.41) is 0. The van der Waals surface area contributed by atoms with Crippen molar-refractivity contribution in [2.45, 2.75) is 25.9 Å². The Morgan fingerprint density at radius 1 is 1.31 bits per heavy atom. The van der Waals surface area contributed by atoms with Gasteiger partial charge in [-0.1, -0.05) is 6.92 Å². The van der Waals surface area contributed by atoms with Crippen LogP contribution in [-0.2, 0) is 19.1 Å². The van der Waals surface area contributed by atoms with E-state index in [-0.39, 0.29) is 19.2 Å². The molecule has 0 saturated carbocycles. The lowest BCUT2D eigenvalue weighted by molar-refractivity contribution is -0.167. The second kappa shape index (κ2) is 4.93. The Morgan fingerprint density at radius 2 is 2.00 bits per heavy atom. The molecule has 90 valence electrons. The fourth-order valence-corrected chi connectivity index (χ4v) is 2.43. The Labute approximate surface area is 94.7 Å². The molecule has 2 aliphatic rings. The number of hydrogen-bond donors (Lipinski definition) is 0. The number of hydrogen-bond acceptors (Lipinski definition) is 5. The number of morpholine rings is 1. The van der Waals surface area contributed by atoms with Gasteiger partial charge >= 0.3 is 11.9 Å². The molecule has 0 amide bonds. The molecule has 2 heterocycles. The zero-order valence-corrected chi connectivity index (χ0v) is 9.48. The van der Waals surface area contributed by atoms with E-state index in [1.807, 2.05) is 4.90 Å². The molecular weight excluding hydrogens is 210 g/mol. The van der Waals surface area contributed by atoms with Gasteiger partial charge in [-0.2, -0.15) is 0 Å². The van der Waals surface area contributed by atoms with Gasteiger partial charge in [0.15, 0.2) is 0 Å². The Hall–Kier alpha value is -0.940. The molecule has 0 spiro atoms. The highest BCUT2D eigenvalue weighted by atomic mass is 16.6. The first-order chi connectivity index (χ1) is 7.69. The van der Waals surface area contributed by atoms with Crippen LogP contribution in [0, 0.1) is 5.92 Å². The summed E-state index contributed by atoms with van der Waals surface area (Å²) in [7, 11) is 0. The van der Waals surface area contributed by atoms with Crippen LogP contribution in [-0.4, -0.2) is 49.2 Å². The maximum absolute atomic E-state index is 11.1. The lowest BCUT2D eigenvalue weighted by atomic mass is 9.99. The average molecular weight is 227 g/mol. The van der Waals surface area contributed by atoms with Crippen molar-refractivity contribution < 1.29 is 19.1 Å². The summed E-state index contributed by atoms with van der Waals surface area (Å²) in [6.45, 7) is 4.07. The van der Waals surface area contributed by atoms with E-state index in [9.17, 15) is 9.59 Å². The van der Waals surface area contributed by atoms with E-state index >= 15 is 0 Å². The number of carbonyl (C=O) groups is 2. The van der Waals surface area contributed by atoms with Crippen molar-refractivity contribution in [1.29, 1.82) is 0 Å². The number of ether oxygens (including phenoxy) is 2. The average Bonchev–Trinajstić information content (AvgIpc) is 2.63. The van der Waals surface area contributed by atoms with E-state index in [0.29, 0.717) is 5.92 Å². The smallest absolute Gasteiger partial charge is 0.327 e. The van der Waals surface area contributed by atoms with Crippen molar-refractivity contribution in [1.82, 2.24) is 4.90 Å². The Kier molecular flexibility index (Phi) is 3.56. The van der Waals surface area contributed by atoms with Crippen LogP contribution < -0.4 is 0 Å². The van der Waals surface area contributed by atoms with E-state index in [2.05, 4.69) is 11.7 Å². The standard InChI is InChI=1S/C11H17NO4/c1-2-9-8(3-4-15-9)5-12-6-10(13)16-11(14)7-12/h8-9H,2-7H2,1H3. The number of nitrogens with zero attached hydrogens (tertiary/aromatic N) is 1. The number of carbonyl (C=O) groups excluding carboxylic acids is 2. The quantitative estimate of drug-likeness (QED) is 0.509. The minimum Gasteiger partial charge on any atom is -0.391 e. The summed E-state index contributed by atoms with van der Waals surface area (Å²) in [6.07, 6.45) is 2.27. The monoisotopic (exact) mass is 227 g/mol. The van der Waals surface area contributed by atoms with Gasteiger partial charge in [-0.15, -0.1) is 0 Å². The van der Waals surface area contributed by atoms with Crippen LogP contribution in [0.25, 0.3) is 0 Å². The van der Waals surface area contributed by atoms with Crippen LogP contribution in [0.15, 0.2) is 0 Å². The fraction of sp³-hybridized carbons (Fsp3) is 0.818. The highest BCUT2D eigenvalue weighted by Crippen LogP contribution is 2.24. The SMILES string of the molecule is CCC1OCCC1CN1CC(=O)OC(=O)C1. The first-order valence-electron chi connectivity index (χ1n) is 5.76. The van der Waals surface area contributed by atoms with Crippen LogP contribution in [0.3, 0.4) is 0 Å².